The SMILES string of the molecule is CCN(Cc1ccccc1)C1=NS(=O)(=O)c2cccc(Cl)c21. The van der Waals surface area contributed by atoms with Crippen molar-refractivity contribution in [1.29, 1.82) is 0 Å². The zero-order valence-electron chi connectivity index (χ0n) is 12.0. The van der Waals surface area contributed by atoms with Crippen molar-refractivity contribution in [2.24, 2.45) is 4.40 Å². The van der Waals surface area contributed by atoms with E-state index in [9.17, 15) is 8.42 Å². The lowest BCUT2D eigenvalue weighted by Crippen LogP contribution is -2.30. The molecule has 0 saturated carbocycles. The molecule has 0 aliphatic carbocycles. The van der Waals surface area contributed by atoms with E-state index in [2.05, 4.69) is 4.40 Å². The van der Waals surface area contributed by atoms with E-state index in [0.717, 1.165) is 5.56 Å². The van der Waals surface area contributed by atoms with Gasteiger partial charge < -0.3 is 4.90 Å². The molecule has 114 valence electrons. The number of hydrogen-bond acceptors (Lipinski definition) is 3. The smallest absolute Gasteiger partial charge is 0.285 e. The van der Waals surface area contributed by atoms with Crippen molar-refractivity contribution in [3.8, 4) is 0 Å². The molecule has 0 saturated heterocycles. The van der Waals surface area contributed by atoms with Crippen LogP contribution in [0.3, 0.4) is 0 Å². The molecule has 3 rings (SSSR count). The molecular weight excluding hydrogens is 320 g/mol. The zero-order chi connectivity index (χ0) is 15.7. The predicted molar refractivity (Wildman–Crippen MR) is 87.7 cm³/mol. The van der Waals surface area contributed by atoms with Crippen molar-refractivity contribution in [2.45, 2.75) is 18.4 Å². The molecule has 0 fully saturated rings. The second-order valence-electron chi connectivity index (χ2n) is 5.00. The van der Waals surface area contributed by atoms with Crippen LogP contribution in [0.2, 0.25) is 5.02 Å². The highest BCUT2D eigenvalue weighted by Gasteiger charge is 2.33. The number of benzene rings is 2. The van der Waals surface area contributed by atoms with Crippen molar-refractivity contribution in [3.63, 3.8) is 0 Å². The molecule has 0 spiro atoms. The summed E-state index contributed by atoms with van der Waals surface area (Å²) in [4.78, 5) is 2.10. The Morgan fingerprint density at radius 3 is 2.50 bits per heavy atom. The van der Waals surface area contributed by atoms with E-state index in [1.54, 1.807) is 18.2 Å². The molecule has 22 heavy (non-hydrogen) atoms. The van der Waals surface area contributed by atoms with Gasteiger partial charge in [0.2, 0.25) is 0 Å². The van der Waals surface area contributed by atoms with Gasteiger partial charge in [0.25, 0.3) is 10.0 Å². The fourth-order valence-corrected chi connectivity index (χ4v) is 4.06. The molecule has 6 heteroatoms. The summed E-state index contributed by atoms with van der Waals surface area (Å²) in [5.41, 5.74) is 1.59. The minimum atomic E-state index is -3.66. The zero-order valence-corrected chi connectivity index (χ0v) is 13.6. The van der Waals surface area contributed by atoms with Gasteiger partial charge in [-0.3, -0.25) is 0 Å². The standard InChI is InChI=1S/C16H15ClN2O2S/c1-2-19(11-12-7-4-3-5-8-12)16-15-13(17)9-6-10-14(15)22(20,21)18-16/h3-10H,2,11H2,1H3. The highest BCUT2D eigenvalue weighted by Crippen LogP contribution is 2.33. The molecule has 0 radical (unpaired) electrons. The van der Waals surface area contributed by atoms with E-state index in [1.165, 1.54) is 0 Å². The summed E-state index contributed by atoms with van der Waals surface area (Å²) >= 11 is 6.22. The Kier molecular flexibility index (Phi) is 3.93. The van der Waals surface area contributed by atoms with E-state index < -0.39 is 10.0 Å². The molecule has 0 amide bonds. The number of halogens is 1. The summed E-state index contributed by atoms with van der Waals surface area (Å²) in [5, 5.41) is 0.406. The second kappa shape index (κ2) is 5.74. The quantitative estimate of drug-likeness (QED) is 0.865. The first-order valence-corrected chi connectivity index (χ1v) is 8.77. The lowest BCUT2D eigenvalue weighted by molar-refractivity contribution is 0.437. The van der Waals surface area contributed by atoms with Crippen LogP contribution >= 0.6 is 11.6 Å². The van der Waals surface area contributed by atoms with Gasteiger partial charge in [-0.1, -0.05) is 48.0 Å². The largest absolute Gasteiger partial charge is 0.351 e. The third-order valence-electron chi connectivity index (χ3n) is 3.58. The molecule has 1 aliphatic rings. The Morgan fingerprint density at radius 2 is 1.82 bits per heavy atom. The van der Waals surface area contributed by atoms with Gasteiger partial charge in [0.1, 0.15) is 4.90 Å². The fraction of sp³-hybridized carbons (Fsp3) is 0.188. The molecule has 2 aromatic rings. The van der Waals surface area contributed by atoms with Crippen molar-refractivity contribution >= 4 is 27.5 Å². The topological polar surface area (TPSA) is 49.7 Å². The molecule has 0 bridgehead atoms. The van der Waals surface area contributed by atoms with Crippen molar-refractivity contribution in [2.75, 3.05) is 6.54 Å². The van der Waals surface area contributed by atoms with Crippen LogP contribution in [0.15, 0.2) is 57.8 Å². The maximum absolute atomic E-state index is 12.2. The van der Waals surface area contributed by atoms with Gasteiger partial charge in [0, 0.05) is 13.1 Å². The third-order valence-corrected chi connectivity index (χ3v) is 5.21. The van der Waals surface area contributed by atoms with Crippen LogP contribution in [0.5, 0.6) is 0 Å². The summed E-state index contributed by atoms with van der Waals surface area (Å²) in [6, 6.07) is 14.7. The highest BCUT2D eigenvalue weighted by atomic mass is 35.5. The van der Waals surface area contributed by atoms with Crippen molar-refractivity contribution < 1.29 is 8.42 Å². The van der Waals surface area contributed by atoms with E-state index in [-0.39, 0.29) is 4.90 Å². The van der Waals surface area contributed by atoms with Crippen LogP contribution in [0.25, 0.3) is 0 Å². The van der Waals surface area contributed by atoms with Crippen molar-refractivity contribution in [3.05, 3.63) is 64.7 Å². The van der Waals surface area contributed by atoms with Gasteiger partial charge in [-0.2, -0.15) is 8.42 Å². The fourth-order valence-electron chi connectivity index (χ4n) is 2.50. The van der Waals surface area contributed by atoms with Crippen molar-refractivity contribution in [1.82, 2.24) is 4.90 Å². The van der Waals surface area contributed by atoms with Gasteiger partial charge in [-0.05, 0) is 24.6 Å². The summed E-state index contributed by atoms with van der Waals surface area (Å²) in [6.07, 6.45) is 0. The minimum absolute atomic E-state index is 0.182. The molecule has 0 unspecified atom stereocenters. The molecule has 1 aliphatic heterocycles. The van der Waals surface area contributed by atoms with E-state index >= 15 is 0 Å². The molecule has 0 atom stereocenters. The predicted octanol–water partition coefficient (Wildman–Crippen LogP) is 3.31. The lowest BCUT2D eigenvalue weighted by Gasteiger charge is -2.23. The number of nitrogens with zero attached hydrogens (tertiary/aromatic N) is 2. The summed E-state index contributed by atoms with van der Waals surface area (Å²) in [6.45, 7) is 3.18. The summed E-state index contributed by atoms with van der Waals surface area (Å²) < 4.78 is 28.4. The molecular formula is C16H15ClN2O2S. The van der Waals surface area contributed by atoms with Gasteiger partial charge >= 0.3 is 0 Å². The first-order chi connectivity index (χ1) is 10.5. The molecule has 1 heterocycles. The van der Waals surface area contributed by atoms with Gasteiger partial charge in [-0.25, -0.2) is 0 Å². The average Bonchev–Trinajstić information content (AvgIpc) is 2.79. The highest BCUT2D eigenvalue weighted by molar-refractivity contribution is 7.90. The first kappa shape index (κ1) is 15.1. The maximum Gasteiger partial charge on any atom is 0.285 e. The number of hydrogen-bond donors (Lipinski definition) is 0. The number of fused-ring (bicyclic) bond motifs is 1. The Hall–Kier alpha value is -1.85. The van der Waals surface area contributed by atoms with Crippen LogP contribution in [0.4, 0.5) is 0 Å². The average molecular weight is 335 g/mol. The van der Waals surface area contributed by atoms with Crippen LogP contribution in [0, 0.1) is 0 Å². The number of rotatable bonds is 3. The second-order valence-corrected chi connectivity index (χ2v) is 6.98. The molecule has 4 nitrogen and oxygen atoms in total. The van der Waals surface area contributed by atoms with Crippen LogP contribution in [-0.2, 0) is 16.6 Å². The molecule has 0 N–H and O–H groups in total. The summed E-state index contributed by atoms with van der Waals surface area (Å²) in [7, 11) is -3.66. The Labute approximate surface area is 135 Å². The van der Waals surface area contributed by atoms with Crippen LogP contribution < -0.4 is 0 Å². The van der Waals surface area contributed by atoms with Gasteiger partial charge in [-0.15, -0.1) is 4.40 Å². The van der Waals surface area contributed by atoms with Crippen LogP contribution in [0.1, 0.15) is 18.1 Å². The number of sulfonamides is 1. The molecule has 0 aromatic heterocycles. The van der Waals surface area contributed by atoms with Gasteiger partial charge in [0.05, 0.1) is 10.6 Å². The van der Waals surface area contributed by atoms with E-state index in [4.69, 9.17) is 11.6 Å². The normalized spacial score (nSPS) is 15.3. The van der Waals surface area contributed by atoms with E-state index in [0.29, 0.717) is 29.5 Å². The lowest BCUT2D eigenvalue weighted by atomic mass is 10.1. The first-order valence-electron chi connectivity index (χ1n) is 6.95. The third kappa shape index (κ3) is 2.62. The van der Waals surface area contributed by atoms with Gasteiger partial charge in [0.15, 0.2) is 5.84 Å². The number of amidine groups is 1. The van der Waals surface area contributed by atoms with Crippen LogP contribution in [-0.4, -0.2) is 25.7 Å². The molecule has 2 aromatic carbocycles. The summed E-state index contributed by atoms with van der Waals surface area (Å²) in [5.74, 6) is 0.423. The van der Waals surface area contributed by atoms with E-state index in [1.807, 2.05) is 42.2 Å². The minimum Gasteiger partial charge on any atom is -0.351 e. The monoisotopic (exact) mass is 334 g/mol. The maximum atomic E-state index is 12.2. The Bertz CT molecular complexity index is 832. The Morgan fingerprint density at radius 1 is 1.09 bits per heavy atom. The Balaban J connectivity index is 2.05.